The van der Waals surface area contributed by atoms with Crippen molar-refractivity contribution >= 4 is 43.6 Å². The molecule has 2 heterocycles. The van der Waals surface area contributed by atoms with Crippen molar-refractivity contribution in [2.45, 2.75) is 19.4 Å². The van der Waals surface area contributed by atoms with Crippen molar-refractivity contribution in [1.82, 2.24) is 9.78 Å². The van der Waals surface area contributed by atoms with Crippen molar-refractivity contribution in [2.75, 3.05) is 16.8 Å². The van der Waals surface area contributed by atoms with Crippen LogP contribution in [-0.4, -0.2) is 35.6 Å². The lowest BCUT2D eigenvalue weighted by atomic mass is 10.2. The third-order valence-electron chi connectivity index (χ3n) is 4.04. The first kappa shape index (κ1) is 18.8. The van der Waals surface area contributed by atoms with E-state index in [-0.39, 0.29) is 23.1 Å². The summed E-state index contributed by atoms with van der Waals surface area (Å²) in [7, 11) is -3.07. The van der Waals surface area contributed by atoms with Crippen molar-refractivity contribution in [3.63, 3.8) is 0 Å². The van der Waals surface area contributed by atoms with Crippen LogP contribution in [-0.2, 0) is 14.6 Å². The maximum atomic E-state index is 13.7. The van der Waals surface area contributed by atoms with Crippen molar-refractivity contribution in [1.29, 1.82) is 0 Å². The number of aromatic nitrogens is 2. The fourth-order valence-corrected chi connectivity index (χ4v) is 4.90. The smallest absolute Gasteiger partial charge is 0.249 e. The number of hydrogen-bond donors (Lipinski definition) is 1. The van der Waals surface area contributed by atoms with E-state index in [4.69, 9.17) is 0 Å². The number of nitrogens with one attached hydrogen (secondary N) is 1. The van der Waals surface area contributed by atoms with E-state index in [1.165, 1.54) is 18.2 Å². The minimum absolute atomic E-state index is 0.0100. The van der Waals surface area contributed by atoms with Gasteiger partial charge in [-0.3, -0.25) is 4.79 Å². The van der Waals surface area contributed by atoms with E-state index in [9.17, 15) is 17.6 Å². The number of hydrogen-bond acceptors (Lipinski definition) is 4. The molecule has 0 bridgehead atoms. The summed E-state index contributed by atoms with van der Waals surface area (Å²) in [5.74, 6) is -0.336. The Hall–Kier alpha value is -2.00. The summed E-state index contributed by atoms with van der Waals surface area (Å²) in [4.78, 5) is 12.2. The highest BCUT2D eigenvalue weighted by atomic mass is 79.9. The number of carbonyl (C=O) groups is 1. The van der Waals surface area contributed by atoms with Gasteiger partial charge in [-0.05, 0) is 37.6 Å². The van der Waals surface area contributed by atoms with Crippen LogP contribution in [0.1, 0.15) is 23.7 Å². The van der Waals surface area contributed by atoms with Crippen LogP contribution in [0.15, 0.2) is 34.8 Å². The second kappa shape index (κ2) is 7.32. The molecule has 0 aliphatic carbocycles. The minimum atomic E-state index is -3.07. The molecule has 9 heteroatoms. The first-order chi connectivity index (χ1) is 12.2. The number of rotatable bonds is 4. The van der Waals surface area contributed by atoms with E-state index in [0.717, 1.165) is 0 Å². The number of sulfone groups is 1. The third kappa shape index (κ3) is 4.39. The SMILES string of the molecule is Cc1cc(NC(=O)/C=C/c2cc(Br)ccc2F)n(C2CCS(=O)(=O)C2)n1. The van der Waals surface area contributed by atoms with Crippen LogP contribution in [0.5, 0.6) is 0 Å². The molecule has 138 valence electrons. The summed E-state index contributed by atoms with van der Waals surface area (Å²) in [6.45, 7) is 1.77. The van der Waals surface area contributed by atoms with Gasteiger partial charge in [0.25, 0.3) is 0 Å². The molecule has 1 aromatic heterocycles. The summed E-state index contributed by atoms with van der Waals surface area (Å²) in [6.07, 6.45) is 3.07. The van der Waals surface area contributed by atoms with Gasteiger partial charge < -0.3 is 5.32 Å². The normalized spacial score (nSPS) is 19.1. The summed E-state index contributed by atoms with van der Waals surface area (Å²) in [5.41, 5.74) is 0.952. The van der Waals surface area contributed by atoms with E-state index >= 15 is 0 Å². The molecule has 1 saturated heterocycles. The van der Waals surface area contributed by atoms with E-state index in [2.05, 4.69) is 26.3 Å². The summed E-state index contributed by atoms with van der Waals surface area (Å²) in [5, 5.41) is 6.99. The Kier molecular flexibility index (Phi) is 5.29. The minimum Gasteiger partial charge on any atom is -0.307 e. The number of amides is 1. The summed E-state index contributed by atoms with van der Waals surface area (Å²) in [6, 6.07) is 5.83. The van der Waals surface area contributed by atoms with Gasteiger partial charge in [-0.2, -0.15) is 5.10 Å². The predicted molar refractivity (Wildman–Crippen MR) is 101 cm³/mol. The first-order valence-corrected chi connectivity index (χ1v) is 10.6. The van der Waals surface area contributed by atoms with E-state index in [1.807, 2.05) is 0 Å². The lowest BCUT2D eigenvalue weighted by molar-refractivity contribution is -0.111. The second-order valence-electron chi connectivity index (χ2n) is 6.16. The standard InChI is InChI=1S/C17H17BrFN3O3S/c1-11-8-16(22(21-11)14-6-7-26(24,25)10-14)20-17(23)5-2-12-9-13(18)3-4-15(12)19/h2-5,8-9,14H,6-7,10H2,1H3,(H,20,23)/b5-2+. The first-order valence-electron chi connectivity index (χ1n) is 7.94. The molecule has 6 nitrogen and oxygen atoms in total. The highest BCUT2D eigenvalue weighted by molar-refractivity contribution is 9.10. The zero-order valence-electron chi connectivity index (χ0n) is 13.9. The Bertz CT molecular complexity index is 985. The molecule has 1 aliphatic heterocycles. The second-order valence-corrected chi connectivity index (χ2v) is 9.31. The molecule has 1 N–H and O–H groups in total. The van der Waals surface area contributed by atoms with Gasteiger partial charge in [0.2, 0.25) is 5.91 Å². The number of nitrogens with zero attached hydrogens (tertiary/aromatic N) is 2. The zero-order valence-corrected chi connectivity index (χ0v) is 16.3. The van der Waals surface area contributed by atoms with E-state index < -0.39 is 21.6 Å². The molecule has 2 aromatic rings. The quantitative estimate of drug-likeness (QED) is 0.738. The Morgan fingerprint density at radius 3 is 2.88 bits per heavy atom. The fourth-order valence-electron chi connectivity index (χ4n) is 2.83. The molecular weight excluding hydrogens is 425 g/mol. The van der Waals surface area contributed by atoms with Gasteiger partial charge in [-0.1, -0.05) is 15.9 Å². The predicted octanol–water partition coefficient (Wildman–Crippen LogP) is 3.10. The van der Waals surface area contributed by atoms with Gasteiger partial charge in [-0.25, -0.2) is 17.5 Å². The molecule has 0 saturated carbocycles. The monoisotopic (exact) mass is 441 g/mol. The number of benzene rings is 1. The van der Waals surface area contributed by atoms with E-state index in [0.29, 0.717) is 22.4 Å². The van der Waals surface area contributed by atoms with Gasteiger partial charge in [0.1, 0.15) is 11.6 Å². The van der Waals surface area contributed by atoms with Crippen LogP contribution in [0, 0.1) is 12.7 Å². The molecule has 1 amide bonds. The zero-order chi connectivity index (χ0) is 18.9. The Balaban J connectivity index is 1.76. The average molecular weight is 442 g/mol. The van der Waals surface area contributed by atoms with E-state index in [1.54, 1.807) is 29.8 Å². The lowest BCUT2D eigenvalue weighted by Gasteiger charge is -2.13. The van der Waals surface area contributed by atoms with Crippen LogP contribution in [0.4, 0.5) is 10.2 Å². The van der Waals surface area contributed by atoms with Gasteiger partial charge in [-0.15, -0.1) is 0 Å². The largest absolute Gasteiger partial charge is 0.307 e. The molecule has 1 aliphatic rings. The molecule has 0 spiro atoms. The highest BCUT2D eigenvalue weighted by Crippen LogP contribution is 2.27. The number of anilines is 1. The molecule has 3 rings (SSSR count). The van der Waals surface area contributed by atoms with Crippen molar-refractivity contribution in [3.05, 3.63) is 51.9 Å². The Morgan fingerprint density at radius 2 is 2.19 bits per heavy atom. The van der Waals surface area contributed by atoms with Crippen molar-refractivity contribution in [2.24, 2.45) is 0 Å². The maximum absolute atomic E-state index is 13.7. The molecule has 0 radical (unpaired) electrons. The summed E-state index contributed by atoms with van der Waals surface area (Å²) < 4.78 is 39.4. The van der Waals surface area contributed by atoms with Crippen LogP contribution in [0.25, 0.3) is 6.08 Å². The Morgan fingerprint density at radius 1 is 1.42 bits per heavy atom. The van der Waals surface area contributed by atoms with Crippen molar-refractivity contribution < 1.29 is 17.6 Å². The Labute approximate surface area is 159 Å². The van der Waals surface area contributed by atoms with Gasteiger partial charge in [0.05, 0.1) is 23.2 Å². The van der Waals surface area contributed by atoms with Crippen LogP contribution < -0.4 is 5.32 Å². The molecule has 1 atom stereocenters. The fraction of sp³-hybridized carbons (Fsp3) is 0.294. The van der Waals surface area contributed by atoms with Gasteiger partial charge >= 0.3 is 0 Å². The molecular formula is C17H17BrFN3O3S. The topological polar surface area (TPSA) is 81.1 Å². The van der Waals surface area contributed by atoms with Crippen LogP contribution in [0.2, 0.25) is 0 Å². The summed E-state index contributed by atoms with van der Waals surface area (Å²) >= 11 is 3.25. The number of carbonyl (C=O) groups excluding carboxylic acids is 1. The van der Waals surface area contributed by atoms with Gasteiger partial charge in [0, 0.05) is 22.2 Å². The third-order valence-corrected chi connectivity index (χ3v) is 6.28. The molecule has 1 unspecified atom stereocenters. The van der Waals surface area contributed by atoms with Gasteiger partial charge in [0.15, 0.2) is 9.84 Å². The van der Waals surface area contributed by atoms with Crippen molar-refractivity contribution in [3.8, 4) is 0 Å². The maximum Gasteiger partial charge on any atom is 0.249 e. The number of halogens is 2. The molecule has 26 heavy (non-hydrogen) atoms. The highest BCUT2D eigenvalue weighted by Gasteiger charge is 2.31. The number of aryl methyl sites for hydroxylation is 1. The molecule has 1 fully saturated rings. The lowest BCUT2D eigenvalue weighted by Crippen LogP contribution is -2.18. The van der Waals surface area contributed by atoms with Crippen LogP contribution >= 0.6 is 15.9 Å². The van der Waals surface area contributed by atoms with Crippen LogP contribution in [0.3, 0.4) is 0 Å². The molecule has 1 aromatic carbocycles. The average Bonchev–Trinajstić information content (AvgIpc) is 3.10.